The fourth-order valence-electron chi connectivity index (χ4n) is 7.32. The summed E-state index contributed by atoms with van der Waals surface area (Å²) in [5, 5.41) is 16.4. The lowest BCUT2D eigenvalue weighted by atomic mass is 9.85. The molecule has 0 bridgehead atoms. The molecule has 1 aromatic carbocycles. The molecular formula is C53H88N6O14S. The number of hydrogen-bond donors (Lipinski definition) is 6. The van der Waals surface area contributed by atoms with E-state index in [1.165, 1.54) is 26.0 Å². The van der Waals surface area contributed by atoms with Gasteiger partial charge in [-0.15, -0.1) is 0 Å². The summed E-state index contributed by atoms with van der Waals surface area (Å²) in [4.78, 5) is 124. The summed E-state index contributed by atoms with van der Waals surface area (Å²) in [5.74, 6) is -6.53. The van der Waals surface area contributed by atoms with Crippen molar-refractivity contribution in [3.63, 3.8) is 0 Å². The molecule has 0 unspecified atom stereocenters. The zero-order valence-corrected chi connectivity index (χ0v) is 48.0. The smallest absolute Gasteiger partial charge is 0.308 e. The number of esters is 3. The Morgan fingerprint density at radius 3 is 1.53 bits per heavy atom. The van der Waals surface area contributed by atoms with E-state index < -0.39 is 137 Å². The molecule has 1 rings (SSSR count). The molecule has 1 aromatic rings. The van der Waals surface area contributed by atoms with Gasteiger partial charge in [0.1, 0.15) is 47.0 Å². The summed E-state index contributed by atoms with van der Waals surface area (Å²) in [7, 11) is 2.91. The lowest BCUT2D eigenvalue weighted by molar-refractivity contribution is -0.158. The number of amides is 6. The van der Waals surface area contributed by atoms with Gasteiger partial charge in [-0.05, 0) is 111 Å². The Labute approximate surface area is 443 Å². The van der Waals surface area contributed by atoms with E-state index in [1.54, 1.807) is 101 Å². The third-order valence-electron chi connectivity index (χ3n) is 10.6. The van der Waals surface area contributed by atoms with Crippen LogP contribution in [0.5, 0.6) is 0 Å². The lowest BCUT2D eigenvalue weighted by Gasteiger charge is -2.34. The quantitative estimate of drug-likeness (QED) is 0.0383. The number of carbonyl (C=O) groups is 9. The van der Waals surface area contributed by atoms with Crippen LogP contribution in [0.3, 0.4) is 0 Å². The van der Waals surface area contributed by atoms with Gasteiger partial charge in [0, 0.05) is 39.2 Å². The van der Waals surface area contributed by atoms with Crippen molar-refractivity contribution in [1.29, 1.82) is 0 Å². The molecule has 21 heteroatoms. The van der Waals surface area contributed by atoms with E-state index in [9.17, 15) is 43.2 Å². The number of aryl methyl sites for hydroxylation is 1. The van der Waals surface area contributed by atoms with Gasteiger partial charge in [0.15, 0.2) is 6.29 Å². The molecule has 420 valence electrons. The normalized spacial score (nSPS) is 14.5. The molecule has 0 aliphatic heterocycles. The van der Waals surface area contributed by atoms with Gasteiger partial charge in [-0.2, -0.15) is 11.8 Å². The molecule has 0 saturated carbocycles. The number of hydrogen-bond acceptors (Lipinski definition) is 15. The second kappa shape index (κ2) is 30.3. The van der Waals surface area contributed by atoms with Crippen molar-refractivity contribution >= 4 is 65.1 Å². The zero-order chi connectivity index (χ0) is 56.9. The van der Waals surface area contributed by atoms with Gasteiger partial charge in [-0.1, -0.05) is 58.9 Å². The molecule has 6 atom stereocenters. The minimum atomic E-state index is -1.63. The standard InChI is InChI=1S/C53H88N6O14S/c1-31(2)27-35(45(65)58-38(30-74-18)49(69-16)70-17)57-48(68)43(50(4,5)6)59-47(67)36(28-33-22-20-19-21-32(33)3)56-44(64)34(23-25-40(61)71-51(7,8)9)55-46(66)37(29-42(63)73-53(13,14)15)54-39(60)24-26-41(62)72-52(10,11)12/h19-22,31,34-38,43,49H,23-30H2,1-18H3,(H,54,60)(H,55,66)(H,56,64)(H,57,68)(H,58,65)(H,59,67)/t34-,35-,36-,37-,38-,43+/m0/s1. The van der Waals surface area contributed by atoms with Gasteiger partial charge in [0.25, 0.3) is 0 Å². The molecule has 20 nitrogen and oxygen atoms in total. The first-order valence-electron chi connectivity index (χ1n) is 25.0. The van der Waals surface area contributed by atoms with Crippen molar-refractivity contribution in [2.45, 2.75) is 208 Å². The van der Waals surface area contributed by atoms with Gasteiger partial charge in [-0.3, -0.25) is 43.2 Å². The fourth-order valence-corrected chi connectivity index (χ4v) is 7.92. The summed E-state index contributed by atoms with van der Waals surface area (Å²) < 4.78 is 27.1. The minimum Gasteiger partial charge on any atom is -0.460 e. The summed E-state index contributed by atoms with van der Waals surface area (Å²) in [6.07, 6.45) is -0.948. The number of thioether (sulfide) groups is 1. The molecule has 0 spiro atoms. The SMILES string of the molecule is COC(OC)[C@H](CSC)NC(=O)[C@H](CC(C)C)NC(=O)[C@@H](NC(=O)[C@H](Cc1ccccc1C)NC(=O)[C@H](CCC(=O)OC(C)(C)C)NC(=O)[C@H](CC(=O)OC(C)(C)C)NC(=O)CCC(=O)OC(C)(C)C)C(C)(C)C. The summed E-state index contributed by atoms with van der Waals surface area (Å²) in [6.45, 7) is 25.6. The Balaban J connectivity index is 3.79. The molecule has 74 heavy (non-hydrogen) atoms. The zero-order valence-electron chi connectivity index (χ0n) is 47.2. The molecule has 0 saturated heterocycles. The van der Waals surface area contributed by atoms with Crippen molar-refractivity contribution in [3.8, 4) is 0 Å². The van der Waals surface area contributed by atoms with Crippen LogP contribution in [-0.4, -0.2) is 139 Å². The Morgan fingerprint density at radius 1 is 0.554 bits per heavy atom. The van der Waals surface area contributed by atoms with Crippen molar-refractivity contribution < 1.29 is 66.8 Å². The predicted octanol–water partition coefficient (Wildman–Crippen LogP) is 4.50. The van der Waals surface area contributed by atoms with Crippen LogP contribution in [0.2, 0.25) is 0 Å². The highest BCUT2D eigenvalue weighted by Gasteiger charge is 2.39. The molecule has 0 fully saturated rings. The number of benzene rings is 1. The summed E-state index contributed by atoms with van der Waals surface area (Å²) >= 11 is 1.47. The van der Waals surface area contributed by atoms with Gasteiger partial charge < -0.3 is 55.6 Å². The fraction of sp³-hybridized carbons (Fsp3) is 0.717. The van der Waals surface area contributed by atoms with Crippen LogP contribution >= 0.6 is 11.8 Å². The second-order valence-corrected chi connectivity index (χ2v) is 23.7. The molecular weight excluding hydrogens is 977 g/mol. The predicted molar refractivity (Wildman–Crippen MR) is 282 cm³/mol. The van der Waals surface area contributed by atoms with E-state index in [-0.39, 0.29) is 31.6 Å². The van der Waals surface area contributed by atoms with Crippen LogP contribution < -0.4 is 31.9 Å². The Morgan fingerprint density at radius 2 is 1.03 bits per heavy atom. The second-order valence-electron chi connectivity index (χ2n) is 22.8. The van der Waals surface area contributed by atoms with Crippen molar-refractivity contribution in [1.82, 2.24) is 31.9 Å². The maximum absolute atomic E-state index is 14.7. The molecule has 0 aliphatic rings. The topological polar surface area (TPSA) is 272 Å². The van der Waals surface area contributed by atoms with Crippen LogP contribution in [0, 0.1) is 18.3 Å². The summed E-state index contributed by atoms with van der Waals surface area (Å²) in [6, 6.07) is -0.344. The van der Waals surface area contributed by atoms with E-state index in [0.717, 1.165) is 5.56 Å². The van der Waals surface area contributed by atoms with Crippen molar-refractivity contribution in [2.75, 3.05) is 26.2 Å². The Hall–Kier alpha value is -5.28. The van der Waals surface area contributed by atoms with E-state index in [2.05, 4.69) is 31.9 Å². The summed E-state index contributed by atoms with van der Waals surface area (Å²) in [5.41, 5.74) is -2.23. The highest BCUT2D eigenvalue weighted by molar-refractivity contribution is 7.98. The minimum absolute atomic E-state index is 0.0427. The number of rotatable bonds is 28. The molecule has 0 aliphatic carbocycles. The van der Waals surface area contributed by atoms with Crippen LogP contribution in [0.25, 0.3) is 0 Å². The van der Waals surface area contributed by atoms with Crippen LogP contribution in [-0.2, 0) is 73.3 Å². The average Bonchev–Trinajstić information content (AvgIpc) is 3.24. The van der Waals surface area contributed by atoms with Gasteiger partial charge in [0.2, 0.25) is 35.4 Å². The number of carbonyl (C=O) groups excluding carboxylic acids is 9. The van der Waals surface area contributed by atoms with Crippen LogP contribution in [0.4, 0.5) is 0 Å². The van der Waals surface area contributed by atoms with Gasteiger partial charge in [-0.25, -0.2) is 0 Å². The van der Waals surface area contributed by atoms with E-state index in [1.807, 2.05) is 33.1 Å². The number of ether oxygens (including phenoxy) is 5. The Kier molecular flexibility index (Phi) is 27.3. The highest BCUT2D eigenvalue weighted by atomic mass is 32.2. The molecule has 6 N–H and O–H groups in total. The lowest BCUT2D eigenvalue weighted by Crippen LogP contribution is -2.62. The molecule has 0 heterocycles. The number of nitrogens with one attached hydrogen (secondary N) is 6. The van der Waals surface area contributed by atoms with E-state index in [0.29, 0.717) is 11.3 Å². The highest BCUT2D eigenvalue weighted by Crippen LogP contribution is 2.22. The first-order valence-corrected chi connectivity index (χ1v) is 26.4. The van der Waals surface area contributed by atoms with Crippen molar-refractivity contribution in [2.24, 2.45) is 11.3 Å². The molecule has 0 aromatic heterocycles. The number of methoxy groups -OCH3 is 2. The molecule has 6 amide bonds. The van der Waals surface area contributed by atoms with Gasteiger partial charge in [0.05, 0.1) is 18.9 Å². The monoisotopic (exact) mass is 1060 g/mol. The third-order valence-corrected chi connectivity index (χ3v) is 11.3. The van der Waals surface area contributed by atoms with E-state index >= 15 is 0 Å². The van der Waals surface area contributed by atoms with Crippen LogP contribution in [0.1, 0.15) is 147 Å². The largest absolute Gasteiger partial charge is 0.460 e. The third kappa shape index (κ3) is 26.8. The van der Waals surface area contributed by atoms with Crippen molar-refractivity contribution in [3.05, 3.63) is 35.4 Å². The first kappa shape index (κ1) is 66.7. The molecule has 0 radical (unpaired) electrons. The first-order chi connectivity index (χ1) is 34.0. The maximum atomic E-state index is 14.7. The average molecular weight is 1070 g/mol. The van der Waals surface area contributed by atoms with Gasteiger partial charge >= 0.3 is 17.9 Å². The Bertz CT molecular complexity index is 2050. The maximum Gasteiger partial charge on any atom is 0.308 e. The van der Waals surface area contributed by atoms with Crippen LogP contribution in [0.15, 0.2) is 24.3 Å². The van der Waals surface area contributed by atoms with E-state index in [4.69, 9.17) is 23.7 Å².